The van der Waals surface area contributed by atoms with Crippen LogP contribution in [0.2, 0.25) is 0 Å². The summed E-state index contributed by atoms with van der Waals surface area (Å²) in [6, 6.07) is 0. The number of hydrogen-bond donors (Lipinski definition) is 0. The molecule has 0 spiro atoms. The van der Waals surface area contributed by atoms with Crippen molar-refractivity contribution in [2.45, 2.75) is 96.1 Å². The second kappa shape index (κ2) is 9.21. The Morgan fingerprint density at radius 1 is 1.39 bits per heavy atom. The van der Waals surface area contributed by atoms with E-state index >= 15 is 4.39 Å². The lowest BCUT2D eigenvalue weighted by atomic mass is 9.85. The third kappa shape index (κ3) is 4.76. The molecule has 0 radical (unpaired) electrons. The summed E-state index contributed by atoms with van der Waals surface area (Å²) in [6.07, 6.45) is 5.95. The van der Waals surface area contributed by atoms with Gasteiger partial charge in [0.25, 0.3) is 0 Å². The Kier molecular flexibility index (Phi) is 7.13. The first-order valence-corrected chi connectivity index (χ1v) is 10.8. The van der Waals surface area contributed by atoms with E-state index in [0.717, 1.165) is 32.1 Å². The van der Waals surface area contributed by atoms with E-state index < -0.39 is 36.1 Å². The van der Waals surface area contributed by atoms with Crippen molar-refractivity contribution < 1.29 is 27.8 Å². The highest BCUT2D eigenvalue weighted by Crippen LogP contribution is 2.46. The van der Waals surface area contributed by atoms with Crippen LogP contribution in [0, 0.1) is 17.8 Å². The van der Waals surface area contributed by atoms with Crippen LogP contribution in [-0.2, 0) is 19.0 Å². The summed E-state index contributed by atoms with van der Waals surface area (Å²) >= 11 is 0. The topological polar surface area (TPSA) is 44.8 Å². The van der Waals surface area contributed by atoms with Crippen LogP contribution in [0.25, 0.3) is 0 Å². The van der Waals surface area contributed by atoms with Crippen molar-refractivity contribution in [2.75, 3.05) is 6.61 Å². The molecule has 0 aromatic heterocycles. The van der Waals surface area contributed by atoms with Crippen LogP contribution in [0.1, 0.15) is 65.7 Å². The summed E-state index contributed by atoms with van der Waals surface area (Å²) in [5.41, 5.74) is -1.54. The molecule has 0 bridgehead atoms. The van der Waals surface area contributed by atoms with E-state index in [1.54, 1.807) is 13.0 Å². The van der Waals surface area contributed by atoms with Crippen LogP contribution in [-0.4, -0.2) is 42.9 Å². The molecular formula is C22H34F2O4. The summed E-state index contributed by atoms with van der Waals surface area (Å²) in [7, 11) is 0. The molecule has 0 aromatic carbocycles. The van der Waals surface area contributed by atoms with Crippen molar-refractivity contribution in [2.24, 2.45) is 17.8 Å². The molecule has 28 heavy (non-hydrogen) atoms. The van der Waals surface area contributed by atoms with Gasteiger partial charge in [0, 0.05) is 12.5 Å². The van der Waals surface area contributed by atoms with E-state index in [2.05, 4.69) is 0 Å². The van der Waals surface area contributed by atoms with E-state index in [4.69, 9.17) is 14.2 Å². The maximum absolute atomic E-state index is 15.5. The van der Waals surface area contributed by atoms with E-state index in [1.807, 2.05) is 19.9 Å². The molecule has 160 valence electrons. The average molecular weight is 401 g/mol. The summed E-state index contributed by atoms with van der Waals surface area (Å²) in [6.45, 7) is 6.26. The molecule has 3 unspecified atom stereocenters. The molecule has 2 saturated heterocycles. The number of fused-ring (bicyclic) bond motifs is 1. The molecule has 8 atom stereocenters. The standard InChI is InChI=1S/C22H34F2O4/c1-4-5-11-22(3,24)17(28-18-8-6-7-12-26-18)10-9-15-14(2)13-16-19(15)20(23)21(25)27-16/h9-10,14-20H,4-8,11-13H2,1-3H3/b10-9+/t14-,15+,16+,17?,18?,19-,20+,22?/m0/s1. The molecular weight excluding hydrogens is 366 g/mol. The monoisotopic (exact) mass is 400 g/mol. The predicted molar refractivity (Wildman–Crippen MR) is 102 cm³/mol. The smallest absolute Gasteiger partial charge is 0.341 e. The van der Waals surface area contributed by atoms with Crippen molar-refractivity contribution in [3.63, 3.8) is 0 Å². The highest BCUT2D eigenvalue weighted by molar-refractivity contribution is 5.77. The Morgan fingerprint density at radius 2 is 2.18 bits per heavy atom. The Hall–Kier alpha value is -1.01. The molecule has 0 aromatic rings. The fraction of sp³-hybridized carbons (Fsp3) is 0.864. The number of ether oxygens (including phenoxy) is 3. The fourth-order valence-corrected chi connectivity index (χ4v) is 4.77. The zero-order valence-electron chi connectivity index (χ0n) is 17.2. The molecule has 0 amide bonds. The van der Waals surface area contributed by atoms with Gasteiger partial charge in [-0.2, -0.15) is 0 Å². The van der Waals surface area contributed by atoms with Crippen molar-refractivity contribution in [3.8, 4) is 0 Å². The zero-order valence-corrected chi connectivity index (χ0v) is 17.2. The summed E-state index contributed by atoms with van der Waals surface area (Å²) in [5.74, 6) is -1.23. The fourth-order valence-electron chi connectivity index (χ4n) is 4.77. The summed E-state index contributed by atoms with van der Waals surface area (Å²) < 4.78 is 46.7. The maximum atomic E-state index is 15.5. The molecule has 2 aliphatic heterocycles. The molecule has 1 aliphatic carbocycles. The van der Waals surface area contributed by atoms with Gasteiger partial charge in [-0.05, 0) is 50.9 Å². The minimum Gasteiger partial charge on any atom is -0.460 e. The lowest BCUT2D eigenvalue weighted by Gasteiger charge is -2.33. The summed E-state index contributed by atoms with van der Waals surface area (Å²) in [5, 5.41) is 0. The van der Waals surface area contributed by atoms with Crippen molar-refractivity contribution >= 4 is 5.97 Å². The number of halogens is 2. The van der Waals surface area contributed by atoms with Gasteiger partial charge in [0.2, 0.25) is 6.17 Å². The second-order valence-electron chi connectivity index (χ2n) is 8.86. The van der Waals surface area contributed by atoms with Gasteiger partial charge in [0.1, 0.15) is 17.9 Å². The zero-order chi connectivity index (χ0) is 20.3. The van der Waals surface area contributed by atoms with Gasteiger partial charge in [-0.15, -0.1) is 0 Å². The van der Waals surface area contributed by atoms with Crippen molar-refractivity contribution in [1.82, 2.24) is 0 Å². The van der Waals surface area contributed by atoms with Crippen molar-refractivity contribution in [3.05, 3.63) is 12.2 Å². The third-order valence-electron chi connectivity index (χ3n) is 6.52. The molecule has 6 heteroatoms. The number of hydrogen-bond acceptors (Lipinski definition) is 4. The second-order valence-corrected chi connectivity index (χ2v) is 8.86. The first-order chi connectivity index (χ1) is 13.3. The largest absolute Gasteiger partial charge is 0.460 e. The van der Waals surface area contributed by atoms with Crippen molar-refractivity contribution in [1.29, 1.82) is 0 Å². The number of rotatable bonds is 8. The van der Waals surface area contributed by atoms with E-state index in [0.29, 0.717) is 19.4 Å². The first kappa shape index (κ1) is 21.7. The minimum atomic E-state index is -1.59. The van der Waals surface area contributed by atoms with Crippen LogP contribution in [0.4, 0.5) is 8.78 Å². The third-order valence-corrected chi connectivity index (χ3v) is 6.52. The first-order valence-electron chi connectivity index (χ1n) is 10.8. The lowest BCUT2D eigenvalue weighted by molar-refractivity contribution is -0.201. The predicted octanol–water partition coefficient (Wildman–Crippen LogP) is 4.91. The van der Waals surface area contributed by atoms with E-state index in [9.17, 15) is 9.18 Å². The van der Waals surface area contributed by atoms with Crippen LogP contribution >= 0.6 is 0 Å². The molecule has 0 N–H and O–H groups in total. The molecule has 4 nitrogen and oxygen atoms in total. The number of unbranched alkanes of at least 4 members (excludes halogenated alkanes) is 1. The highest BCUT2D eigenvalue weighted by Gasteiger charge is 2.54. The van der Waals surface area contributed by atoms with Gasteiger partial charge in [-0.25, -0.2) is 13.6 Å². The number of carbonyl (C=O) groups excluding carboxylic acids is 1. The number of carbonyl (C=O) groups is 1. The normalized spacial score (nSPS) is 39.0. The Balaban J connectivity index is 1.74. The number of allylic oxidation sites excluding steroid dienone is 1. The van der Waals surface area contributed by atoms with Crippen LogP contribution in [0.3, 0.4) is 0 Å². The van der Waals surface area contributed by atoms with E-state index in [-0.39, 0.29) is 17.9 Å². The SMILES string of the molecule is CCCCC(C)(F)C(/C=C/[C@H]1[C@H]2[C@@H](C[C@@H]1C)OC(=O)[C@@H]2F)OC1CCCCO1. The van der Waals surface area contributed by atoms with Gasteiger partial charge >= 0.3 is 5.97 Å². The maximum Gasteiger partial charge on any atom is 0.341 e. The van der Waals surface area contributed by atoms with Gasteiger partial charge < -0.3 is 14.2 Å². The van der Waals surface area contributed by atoms with Gasteiger partial charge in [-0.1, -0.05) is 38.8 Å². The highest BCUT2D eigenvalue weighted by atomic mass is 19.1. The Labute approximate surface area is 167 Å². The number of alkyl halides is 2. The lowest BCUT2D eigenvalue weighted by Crippen LogP contribution is -2.40. The Bertz CT molecular complexity index is 559. The molecule has 3 rings (SSSR count). The average Bonchev–Trinajstić information content (AvgIpc) is 3.12. The van der Waals surface area contributed by atoms with Crippen LogP contribution < -0.4 is 0 Å². The van der Waals surface area contributed by atoms with Crippen LogP contribution in [0.15, 0.2) is 12.2 Å². The molecule has 3 aliphatic rings. The van der Waals surface area contributed by atoms with Crippen LogP contribution in [0.5, 0.6) is 0 Å². The molecule has 2 heterocycles. The quantitative estimate of drug-likeness (QED) is 0.429. The van der Waals surface area contributed by atoms with E-state index in [1.165, 1.54) is 0 Å². The molecule has 3 fully saturated rings. The van der Waals surface area contributed by atoms with Gasteiger partial charge in [-0.3, -0.25) is 0 Å². The number of esters is 1. The summed E-state index contributed by atoms with van der Waals surface area (Å²) in [4.78, 5) is 11.6. The van der Waals surface area contributed by atoms with Gasteiger partial charge in [0.15, 0.2) is 6.29 Å². The Morgan fingerprint density at radius 3 is 2.86 bits per heavy atom. The minimum absolute atomic E-state index is 0.160. The van der Waals surface area contributed by atoms with Gasteiger partial charge in [0.05, 0.1) is 0 Å². The molecule has 1 saturated carbocycles.